The first-order chi connectivity index (χ1) is 12.2. The zero-order chi connectivity index (χ0) is 17.2. The van der Waals surface area contributed by atoms with Crippen molar-refractivity contribution in [3.8, 4) is 0 Å². The zero-order valence-electron chi connectivity index (χ0n) is 13.6. The summed E-state index contributed by atoms with van der Waals surface area (Å²) in [6.45, 7) is 2.09. The summed E-state index contributed by atoms with van der Waals surface area (Å²) in [7, 11) is 0. The van der Waals surface area contributed by atoms with Gasteiger partial charge in [-0.1, -0.05) is 30.8 Å². The Morgan fingerprint density at radius 1 is 1.28 bits per heavy atom. The number of nitrogens with one attached hydrogen (secondary N) is 1. The molecule has 0 spiro atoms. The third-order valence-electron chi connectivity index (χ3n) is 3.95. The second-order valence-corrected chi connectivity index (χ2v) is 6.56. The van der Waals surface area contributed by atoms with Gasteiger partial charge in [-0.05, 0) is 24.1 Å². The van der Waals surface area contributed by atoms with Crippen LogP contribution in [0, 0.1) is 0 Å². The highest BCUT2D eigenvalue weighted by atomic mass is 32.2. The quantitative estimate of drug-likeness (QED) is 0.554. The normalized spacial score (nSPS) is 11.2. The first-order valence-corrected chi connectivity index (χ1v) is 8.94. The molecule has 0 aliphatic rings. The molecule has 0 aliphatic carbocycles. The van der Waals surface area contributed by atoms with Gasteiger partial charge in [0.1, 0.15) is 11.4 Å². The smallest absolute Gasteiger partial charge is 0.234 e. The average Bonchev–Trinajstić information content (AvgIpc) is 3.21. The average molecular weight is 352 g/mol. The topological polar surface area (TPSA) is 72.4 Å². The number of hydrogen-bond acceptors (Lipinski definition) is 5. The minimum Gasteiger partial charge on any atom is -0.463 e. The van der Waals surface area contributed by atoms with Gasteiger partial charge in [-0.3, -0.25) is 9.20 Å². The van der Waals surface area contributed by atoms with Crippen LogP contribution in [0.5, 0.6) is 0 Å². The van der Waals surface area contributed by atoms with Gasteiger partial charge in [0, 0.05) is 17.8 Å². The van der Waals surface area contributed by atoms with Crippen molar-refractivity contribution in [1.82, 2.24) is 14.6 Å². The van der Waals surface area contributed by atoms with E-state index in [4.69, 9.17) is 4.42 Å². The highest BCUT2D eigenvalue weighted by Gasteiger charge is 2.12. The molecule has 0 radical (unpaired) electrons. The molecule has 3 heterocycles. The van der Waals surface area contributed by atoms with Gasteiger partial charge in [-0.25, -0.2) is 0 Å². The highest BCUT2D eigenvalue weighted by molar-refractivity contribution is 8.00. The van der Waals surface area contributed by atoms with Crippen molar-refractivity contribution in [3.05, 3.63) is 54.6 Å². The number of hydrogen-bond donors (Lipinski definition) is 1. The van der Waals surface area contributed by atoms with Crippen LogP contribution in [0.3, 0.4) is 0 Å². The van der Waals surface area contributed by atoms with Crippen LogP contribution < -0.4 is 5.32 Å². The van der Waals surface area contributed by atoms with Crippen LogP contribution in [0.25, 0.3) is 16.6 Å². The minimum absolute atomic E-state index is 0.0719. The van der Waals surface area contributed by atoms with Crippen LogP contribution in [0.2, 0.25) is 0 Å². The molecule has 7 heteroatoms. The molecule has 6 nitrogen and oxygen atoms in total. The van der Waals surface area contributed by atoms with Crippen molar-refractivity contribution < 1.29 is 9.21 Å². The van der Waals surface area contributed by atoms with Gasteiger partial charge >= 0.3 is 0 Å². The Hall–Kier alpha value is -2.80. The standard InChI is InChI=1S/C18H16N4O2S/c1-2-12-4-3-5-13(8-12)20-17(23)10-25-18-15-9-16-14(6-7-24-16)22(15)11-19-21-18/h3-9,11H,2,10H2,1H3,(H,20,23). The van der Waals surface area contributed by atoms with Crippen molar-refractivity contribution in [3.63, 3.8) is 0 Å². The second kappa shape index (κ2) is 6.60. The van der Waals surface area contributed by atoms with E-state index in [0.29, 0.717) is 5.03 Å². The molecule has 126 valence electrons. The van der Waals surface area contributed by atoms with Crippen LogP contribution >= 0.6 is 11.8 Å². The maximum absolute atomic E-state index is 12.2. The number of nitrogens with zero attached hydrogens (tertiary/aromatic N) is 3. The first kappa shape index (κ1) is 15.7. The zero-order valence-corrected chi connectivity index (χ0v) is 14.4. The van der Waals surface area contributed by atoms with Crippen molar-refractivity contribution in [2.75, 3.05) is 11.1 Å². The predicted molar refractivity (Wildman–Crippen MR) is 97.9 cm³/mol. The molecule has 3 aromatic heterocycles. The Bertz CT molecular complexity index is 1050. The summed E-state index contributed by atoms with van der Waals surface area (Å²) in [5, 5.41) is 11.8. The lowest BCUT2D eigenvalue weighted by atomic mass is 10.1. The van der Waals surface area contributed by atoms with E-state index in [1.165, 1.54) is 17.3 Å². The number of carbonyl (C=O) groups is 1. The van der Waals surface area contributed by atoms with Gasteiger partial charge in [0.15, 0.2) is 5.58 Å². The van der Waals surface area contributed by atoms with Gasteiger partial charge in [-0.2, -0.15) is 0 Å². The van der Waals surface area contributed by atoms with E-state index >= 15 is 0 Å². The number of aryl methyl sites for hydroxylation is 1. The number of anilines is 1. The fourth-order valence-corrected chi connectivity index (χ4v) is 3.47. The van der Waals surface area contributed by atoms with Gasteiger partial charge in [-0.15, -0.1) is 10.2 Å². The molecule has 0 atom stereocenters. The molecule has 1 N–H and O–H groups in total. The lowest BCUT2D eigenvalue weighted by Gasteiger charge is -2.07. The SMILES string of the molecule is CCc1cccc(NC(=O)CSc2nncn3c2cc2occc23)c1. The lowest BCUT2D eigenvalue weighted by Crippen LogP contribution is -2.14. The minimum atomic E-state index is -0.0719. The second-order valence-electron chi connectivity index (χ2n) is 5.60. The van der Waals surface area contributed by atoms with Crippen LogP contribution in [0.4, 0.5) is 5.69 Å². The Morgan fingerprint density at radius 2 is 2.20 bits per heavy atom. The summed E-state index contributed by atoms with van der Waals surface area (Å²) >= 11 is 1.36. The summed E-state index contributed by atoms with van der Waals surface area (Å²) < 4.78 is 7.33. The van der Waals surface area contributed by atoms with Gasteiger partial charge in [0.2, 0.25) is 5.91 Å². The predicted octanol–water partition coefficient (Wildman–Crippen LogP) is 3.77. The summed E-state index contributed by atoms with van der Waals surface area (Å²) in [4.78, 5) is 12.2. The summed E-state index contributed by atoms with van der Waals surface area (Å²) in [6.07, 6.45) is 4.22. The lowest BCUT2D eigenvalue weighted by molar-refractivity contribution is -0.113. The number of amides is 1. The Balaban J connectivity index is 1.49. The number of thioether (sulfide) groups is 1. The molecule has 0 saturated heterocycles. The Kier molecular flexibility index (Phi) is 4.15. The van der Waals surface area contributed by atoms with Crippen LogP contribution in [0.15, 0.2) is 58.4 Å². The molecule has 0 aliphatic heterocycles. The number of furan rings is 1. The van der Waals surface area contributed by atoms with E-state index in [-0.39, 0.29) is 11.7 Å². The number of aromatic nitrogens is 3. The maximum Gasteiger partial charge on any atom is 0.234 e. The van der Waals surface area contributed by atoms with E-state index in [0.717, 1.165) is 28.7 Å². The third-order valence-corrected chi connectivity index (χ3v) is 4.92. The third kappa shape index (κ3) is 3.10. The van der Waals surface area contributed by atoms with Crippen molar-refractivity contribution >= 4 is 40.0 Å². The van der Waals surface area contributed by atoms with Crippen LogP contribution in [0.1, 0.15) is 12.5 Å². The largest absolute Gasteiger partial charge is 0.463 e. The monoisotopic (exact) mass is 352 g/mol. The van der Waals surface area contributed by atoms with Crippen molar-refractivity contribution in [1.29, 1.82) is 0 Å². The first-order valence-electron chi connectivity index (χ1n) is 7.96. The molecule has 1 amide bonds. The summed E-state index contributed by atoms with van der Waals surface area (Å²) in [5.41, 5.74) is 4.60. The van der Waals surface area contributed by atoms with Gasteiger partial charge < -0.3 is 9.73 Å². The van der Waals surface area contributed by atoms with Crippen molar-refractivity contribution in [2.24, 2.45) is 0 Å². The van der Waals surface area contributed by atoms with E-state index in [2.05, 4.69) is 22.4 Å². The van der Waals surface area contributed by atoms with E-state index in [9.17, 15) is 4.79 Å². The maximum atomic E-state index is 12.2. The van der Waals surface area contributed by atoms with Gasteiger partial charge in [0.25, 0.3) is 0 Å². The molecule has 0 fully saturated rings. The molecule has 25 heavy (non-hydrogen) atoms. The molecule has 1 aromatic carbocycles. The molecule has 0 saturated carbocycles. The fraction of sp³-hybridized carbons (Fsp3) is 0.167. The van der Waals surface area contributed by atoms with E-state index in [1.807, 2.05) is 40.8 Å². The molecule has 0 bridgehead atoms. The van der Waals surface area contributed by atoms with Crippen LogP contribution in [-0.4, -0.2) is 26.3 Å². The van der Waals surface area contributed by atoms with E-state index in [1.54, 1.807) is 12.6 Å². The Morgan fingerprint density at radius 3 is 3.08 bits per heavy atom. The molecular weight excluding hydrogens is 336 g/mol. The number of carbonyl (C=O) groups excluding carboxylic acids is 1. The number of benzene rings is 1. The molecule has 4 aromatic rings. The van der Waals surface area contributed by atoms with Crippen LogP contribution in [-0.2, 0) is 11.2 Å². The number of fused-ring (bicyclic) bond motifs is 3. The highest BCUT2D eigenvalue weighted by Crippen LogP contribution is 2.27. The number of rotatable bonds is 5. The van der Waals surface area contributed by atoms with Crippen molar-refractivity contribution in [2.45, 2.75) is 18.4 Å². The summed E-state index contributed by atoms with van der Waals surface area (Å²) in [6, 6.07) is 11.7. The molecular formula is C18H16N4O2S. The van der Waals surface area contributed by atoms with E-state index < -0.39 is 0 Å². The Labute approximate surface area is 148 Å². The fourth-order valence-electron chi connectivity index (χ4n) is 2.72. The summed E-state index contributed by atoms with van der Waals surface area (Å²) in [5.74, 6) is 0.189. The van der Waals surface area contributed by atoms with Gasteiger partial charge in [0.05, 0.1) is 23.0 Å². The molecule has 4 rings (SSSR count). The molecule has 0 unspecified atom stereocenters.